The molecule has 21 heavy (non-hydrogen) atoms. The molecular formula is C14H9BrClNO4. The maximum Gasteiger partial charge on any atom is 0.339 e. The minimum Gasteiger partial charge on any atom is -0.505 e. The average molecular weight is 371 g/mol. The number of halogens is 2. The first-order valence-corrected chi connectivity index (χ1v) is 6.89. The van der Waals surface area contributed by atoms with Crippen LogP contribution in [0.5, 0.6) is 5.75 Å². The molecular weight excluding hydrogens is 362 g/mol. The largest absolute Gasteiger partial charge is 0.505 e. The van der Waals surface area contributed by atoms with Crippen LogP contribution >= 0.6 is 27.5 Å². The summed E-state index contributed by atoms with van der Waals surface area (Å²) in [6.45, 7) is 0. The van der Waals surface area contributed by atoms with Crippen LogP contribution in [0.3, 0.4) is 0 Å². The normalized spacial score (nSPS) is 10.2. The number of hydrogen-bond donors (Lipinski definition) is 3. The molecule has 0 aliphatic heterocycles. The molecule has 0 aromatic heterocycles. The van der Waals surface area contributed by atoms with E-state index in [9.17, 15) is 14.7 Å². The van der Waals surface area contributed by atoms with Crippen molar-refractivity contribution in [2.24, 2.45) is 0 Å². The van der Waals surface area contributed by atoms with Crippen LogP contribution in [0.4, 0.5) is 5.69 Å². The van der Waals surface area contributed by atoms with Crippen LogP contribution in [0.25, 0.3) is 0 Å². The number of phenols is 1. The number of carboxylic acid groups (broad SMARTS) is 1. The fourth-order valence-corrected chi connectivity index (χ4v) is 2.54. The third-order valence-corrected chi connectivity index (χ3v) is 3.58. The van der Waals surface area contributed by atoms with Gasteiger partial charge in [0.05, 0.1) is 11.3 Å². The van der Waals surface area contributed by atoms with Crippen LogP contribution in [-0.4, -0.2) is 22.1 Å². The molecule has 0 saturated carbocycles. The maximum atomic E-state index is 12.1. The molecule has 5 nitrogen and oxygen atoms in total. The molecule has 0 spiro atoms. The van der Waals surface area contributed by atoms with Gasteiger partial charge in [-0.15, -0.1) is 0 Å². The molecule has 0 unspecified atom stereocenters. The fourth-order valence-electron chi connectivity index (χ4n) is 1.68. The predicted molar refractivity (Wildman–Crippen MR) is 82.2 cm³/mol. The molecule has 108 valence electrons. The number of benzene rings is 2. The van der Waals surface area contributed by atoms with Gasteiger partial charge in [-0.05, 0) is 46.3 Å². The van der Waals surface area contributed by atoms with Gasteiger partial charge in [-0.1, -0.05) is 17.7 Å². The zero-order valence-corrected chi connectivity index (χ0v) is 12.8. The smallest absolute Gasteiger partial charge is 0.339 e. The van der Waals surface area contributed by atoms with Gasteiger partial charge in [0.25, 0.3) is 5.91 Å². The number of hydrogen-bond acceptors (Lipinski definition) is 3. The van der Waals surface area contributed by atoms with Crippen LogP contribution in [0.15, 0.2) is 40.9 Å². The Balaban J connectivity index is 2.32. The van der Waals surface area contributed by atoms with Crippen molar-refractivity contribution in [2.45, 2.75) is 0 Å². The Morgan fingerprint density at radius 3 is 2.48 bits per heavy atom. The number of carboxylic acids is 1. The van der Waals surface area contributed by atoms with Crippen molar-refractivity contribution < 1.29 is 19.8 Å². The van der Waals surface area contributed by atoms with Crippen LogP contribution < -0.4 is 5.32 Å². The van der Waals surface area contributed by atoms with Gasteiger partial charge in [-0.3, -0.25) is 4.79 Å². The molecule has 2 aromatic carbocycles. The molecule has 0 atom stereocenters. The number of amides is 1. The first-order valence-electron chi connectivity index (χ1n) is 5.72. The second-order valence-electron chi connectivity index (χ2n) is 4.09. The summed E-state index contributed by atoms with van der Waals surface area (Å²) in [5.41, 5.74) is 0.0317. The van der Waals surface area contributed by atoms with E-state index in [1.54, 1.807) is 12.1 Å². The number of para-hydroxylation sites is 1. The molecule has 0 saturated heterocycles. The number of aromatic hydroxyl groups is 1. The van der Waals surface area contributed by atoms with Crippen LogP contribution in [0, 0.1) is 0 Å². The van der Waals surface area contributed by atoms with Crippen molar-refractivity contribution >= 4 is 45.1 Å². The van der Waals surface area contributed by atoms with Crippen LogP contribution in [0.2, 0.25) is 5.02 Å². The van der Waals surface area contributed by atoms with E-state index in [4.69, 9.17) is 16.7 Å². The lowest BCUT2D eigenvalue weighted by atomic mass is 10.1. The first-order chi connectivity index (χ1) is 9.90. The Bertz CT molecular complexity index is 733. The van der Waals surface area contributed by atoms with E-state index in [1.165, 1.54) is 24.3 Å². The Hall–Kier alpha value is -2.05. The van der Waals surface area contributed by atoms with Gasteiger partial charge in [-0.2, -0.15) is 0 Å². The molecule has 3 N–H and O–H groups in total. The van der Waals surface area contributed by atoms with Gasteiger partial charge < -0.3 is 15.5 Å². The number of aromatic carboxylic acids is 1. The zero-order chi connectivity index (χ0) is 15.6. The monoisotopic (exact) mass is 369 g/mol. The minimum absolute atomic E-state index is 0.0155. The van der Waals surface area contributed by atoms with Gasteiger partial charge in [0.2, 0.25) is 0 Å². The van der Waals surface area contributed by atoms with Crippen molar-refractivity contribution in [3.63, 3.8) is 0 Å². The maximum absolute atomic E-state index is 12.1. The topological polar surface area (TPSA) is 86.6 Å². The highest BCUT2D eigenvalue weighted by Gasteiger charge is 2.16. The molecule has 0 heterocycles. The van der Waals surface area contributed by atoms with Gasteiger partial charge in [0, 0.05) is 9.50 Å². The van der Waals surface area contributed by atoms with Crippen molar-refractivity contribution in [3.05, 3.63) is 57.0 Å². The zero-order valence-electron chi connectivity index (χ0n) is 10.4. The summed E-state index contributed by atoms with van der Waals surface area (Å²) in [4.78, 5) is 23.1. The number of nitrogens with one attached hydrogen (secondary N) is 1. The fraction of sp³-hybridized carbons (Fsp3) is 0. The van der Waals surface area contributed by atoms with Crippen molar-refractivity contribution in [2.75, 3.05) is 5.32 Å². The molecule has 7 heteroatoms. The second-order valence-corrected chi connectivity index (χ2v) is 5.38. The lowest BCUT2D eigenvalue weighted by Gasteiger charge is -2.10. The predicted octanol–water partition coefficient (Wildman–Crippen LogP) is 3.76. The summed E-state index contributed by atoms with van der Waals surface area (Å²) in [7, 11) is 0. The summed E-state index contributed by atoms with van der Waals surface area (Å²) in [6.07, 6.45) is 0. The Kier molecular flexibility index (Phi) is 4.50. The minimum atomic E-state index is -1.28. The molecule has 0 aliphatic rings. The quantitative estimate of drug-likeness (QED) is 0.718. The lowest BCUT2D eigenvalue weighted by Crippen LogP contribution is -2.13. The standard InChI is InChI=1S/C14H9BrClNO4/c15-10-6-7(16)4-5-8(10)13(19)17-11-3-1-2-9(12(11)18)14(20)21/h1-6,18H,(H,17,19)(H,20,21). The van der Waals surface area contributed by atoms with Crippen LogP contribution in [0.1, 0.15) is 20.7 Å². The summed E-state index contributed by atoms with van der Waals surface area (Å²) in [5.74, 6) is -2.28. The average Bonchev–Trinajstić information content (AvgIpc) is 2.40. The van der Waals surface area contributed by atoms with Crippen molar-refractivity contribution in [3.8, 4) is 5.75 Å². The summed E-state index contributed by atoms with van der Waals surface area (Å²) >= 11 is 9.01. The third kappa shape index (κ3) is 3.34. The SMILES string of the molecule is O=C(Nc1cccc(C(=O)O)c1O)c1ccc(Cl)cc1Br. The Labute approximate surface area is 133 Å². The van der Waals surface area contributed by atoms with Gasteiger partial charge in [0.1, 0.15) is 5.56 Å². The van der Waals surface area contributed by atoms with E-state index in [1.807, 2.05) is 0 Å². The Morgan fingerprint density at radius 1 is 1.14 bits per heavy atom. The van der Waals surface area contributed by atoms with Gasteiger partial charge in [-0.25, -0.2) is 4.79 Å². The highest BCUT2D eigenvalue weighted by atomic mass is 79.9. The van der Waals surface area contributed by atoms with Crippen molar-refractivity contribution in [1.29, 1.82) is 0 Å². The Morgan fingerprint density at radius 2 is 1.86 bits per heavy atom. The van der Waals surface area contributed by atoms with E-state index in [0.717, 1.165) is 0 Å². The van der Waals surface area contributed by atoms with Crippen molar-refractivity contribution in [1.82, 2.24) is 0 Å². The summed E-state index contributed by atoms with van der Waals surface area (Å²) in [6, 6.07) is 8.70. The summed E-state index contributed by atoms with van der Waals surface area (Å²) in [5, 5.41) is 21.7. The number of carbonyl (C=O) groups excluding carboxylic acids is 1. The van der Waals surface area contributed by atoms with Gasteiger partial charge in [0.15, 0.2) is 5.75 Å². The second kappa shape index (κ2) is 6.15. The molecule has 0 fully saturated rings. The van der Waals surface area contributed by atoms with E-state index in [2.05, 4.69) is 21.2 Å². The highest BCUT2D eigenvalue weighted by molar-refractivity contribution is 9.10. The van der Waals surface area contributed by atoms with E-state index in [0.29, 0.717) is 15.1 Å². The number of carbonyl (C=O) groups is 2. The van der Waals surface area contributed by atoms with E-state index >= 15 is 0 Å². The molecule has 0 radical (unpaired) electrons. The molecule has 1 amide bonds. The van der Waals surface area contributed by atoms with Crippen LogP contribution in [-0.2, 0) is 0 Å². The third-order valence-electron chi connectivity index (χ3n) is 2.69. The highest BCUT2D eigenvalue weighted by Crippen LogP contribution is 2.29. The number of anilines is 1. The van der Waals surface area contributed by atoms with Gasteiger partial charge >= 0.3 is 5.97 Å². The molecule has 2 aromatic rings. The van der Waals surface area contributed by atoms with E-state index in [-0.39, 0.29) is 11.3 Å². The molecule has 2 rings (SSSR count). The number of rotatable bonds is 3. The molecule has 0 bridgehead atoms. The first kappa shape index (κ1) is 15.3. The van der Waals surface area contributed by atoms with E-state index < -0.39 is 17.6 Å². The summed E-state index contributed by atoms with van der Waals surface area (Å²) < 4.78 is 0.487. The lowest BCUT2D eigenvalue weighted by molar-refractivity contribution is 0.0693. The molecule has 0 aliphatic carbocycles.